The molecule has 0 saturated heterocycles. The minimum Gasteiger partial charge on any atom is -0.431 e. The van der Waals surface area contributed by atoms with Gasteiger partial charge in [-0.05, 0) is 80.8 Å². The molecule has 1 unspecified atom stereocenters. The molecule has 4 aliphatic carbocycles. The molecule has 9 atom stereocenters. The smallest absolute Gasteiger partial charge is 0.335 e. The molecule has 0 amide bonds. The van der Waals surface area contributed by atoms with Gasteiger partial charge in [-0.1, -0.05) is 6.92 Å². The molecule has 0 radical (unpaired) electrons. The third-order valence-electron chi connectivity index (χ3n) is 9.80. The molecule has 0 aliphatic heterocycles. The Kier molecular flexibility index (Phi) is 4.42. The number of carbonyl (C=O) groups excluding carboxylic acids is 1. The zero-order valence-electron chi connectivity index (χ0n) is 17.7. The zero-order chi connectivity index (χ0) is 21.5. The van der Waals surface area contributed by atoms with E-state index in [2.05, 4.69) is 6.92 Å². The van der Waals surface area contributed by atoms with Crippen LogP contribution in [0.15, 0.2) is 27.6 Å². The van der Waals surface area contributed by atoms with Gasteiger partial charge < -0.3 is 19.7 Å². The van der Waals surface area contributed by atoms with Crippen LogP contribution in [0.1, 0.15) is 70.3 Å². The number of aliphatic hydroxyl groups is 3. The summed E-state index contributed by atoms with van der Waals surface area (Å²) in [5.41, 5.74) is -2.29. The van der Waals surface area contributed by atoms with E-state index in [4.69, 9.17) is 4.42 Å². The lowest BCUT2D eigenvalue weighted by atomic mass is 9.42. The molecule has 5 rings (SSSR count). The molecule has 4 fully saturated rings. The lowest BCUT2D eigenvalue weighted by Crippen LogP contribution is -2.70. The van der Waals surface area contributed by atoms with Gasteiger partial charge in [-0.2, -0.15) is 0 Å². The fourth-order valence-corrected chi connectivity index (χ4v) is 8.13. The monoisotopic (exact) mass is 416 g/mol. The molecule has 0 spiro atoms. The fourth-order valence-electron chi connectivity index (χ4n) is 8.13. The van der Waals surface area contributed by atoms with E-state index >= 15 is 0 Å². The number of hydrogen-bond acceptors (Lipinski definition) is 6. The molecule has 6 heteroatoms. The van der Waals surface area contributed by atoms with Crippen LogP contribution < -0.4 is 5.63 Å². The van der Waals surface area contributed by atoms with Gasteiger partial charge in [0.15, 0.2) is 5.78 Å². The van der Waals surface area contributed by atoms with Gasteiger partial charge in [0.2, 0.25) is 0 Å². The van der Waals surface area contributed by atoms with Crippen molar-refractivity contribution >= 4 is 5.78 Å². The average molecular weight is 417 g/mol. The number of ketones is 1. The van der Waals surface area contributed by atoms with Gasteiger partial charge in [0, 0.05) is 17.9 Å². The Labute approximate surface area is 176 Å². The topological polar surface area (TPSA) is 108 Å². The Bertz CT molecular complexity index is 904. The summed E-state index contributed by atoms with van der Waals surface area (Å²) in [6.07, 6.45) is 4.88. The lowest BCUT2D eigenvalue weighted by Gasteiger charge is -2.64. The highest BCUT2D eigenvalue weighted by molar-refractivity contribution is 5.93. The molecule has 4 saturated carbocycles. The average Bonchev–Trinajstić information content (AvgIpc) is 3.00. The third kappa shape index (κ3) is 2.41. The summed E-state index contributed by atoms with van der Waals surface area (Å²) in [5, 5.41) is 33.7. The summed E-state index contributed by atoms with van der Waals surface area (Å²) >= 11 is 0. The lowest BCUT2D eigenvalue weighted by molar-refractivity contribution is -0.228. The van der Waals surface area contributed by atoms with E-state index in [1.54, 1.807) is 13.0 Å². The Morgan fingerprint density at radius 1 is 1.03 bits per heavy atom. The Morgan fingerprint density at radius 3 is 2.50 bits per heavy atom. The highest BCUT2D eigenvalue weighted by atomic mass is 16.4. The first-order valence-electron chi connectivity index (χ1n) is 11.3. The Hall–Kier alpha value is -1.50. The fraction of sp³-hybridized carbons (Fsp3) is 0.750. The molecule has 30 heavy (non-hydrogen) atoms. The summed E-state index contributed by atoms with van der Waals surface area (Å²) in [6.45, 7) is 3.96. The predicted molar refractivity (Wildman–Crippen MR) is 109 cm³/mol. The van der Waals surface area contributed by atoms with Crippen molar-refractivity contribution in [1.82, 2.24) is 0 Å². The minimum atomic E-state index is -1.20. The van der Waals surface area contributed by atoms with E-state index in [1.807, 2.05) is 0 Å². The van der Waals surface area contributed by atoms with Crippen LogP contribution in [-0.4, -0.2) is 38.9 Å². The van der Waals surface area contributed by atoms with Gasteiger partial charge in [0.1, 0.15) is 6.10 Å². The summed E-state index contributed by atoms with van der Waals surface area (Å²) in [5.74, 6) is -0.769. The van der Waals surface area contributed by atoms with Crippen molar-refractivity contribution in [3.8, 4) is 0 Å². The standard InChI is InChI=1S/C24H32O6/c1-22-9-7-15(25)11-14(22)4-5-17-19(22)20(27)21(28)23(2)16(8-10-24(17,23)29)13-3-6-18(26)30-12-13/h3,6,12,14-17,19-20,25,27,29H,4-5,7-11H2,1-2H3/t14-,15+,16-,17-,19?,20+,22+,23+,24+/m1/s1. The first kappa shape index (κ1) is 20.4. The summed E-state index contributed by atoms with van der Waals surface area (Å²) in [7, 11) is 0. The van der Waals surface area contributed by atoms with Gasteiger partial charge in [0.05, 0.1) is 23.4 Å². The number of fused-ring (bicyclic) bond motifs is 5. The molecule has 4 aliphatic rings. The van der Waals surface area contributed by atoms with Gasteiger partial charge in [-0.15, -0.1) is 0 Å². The normalized spacial score (nSPS) is 50.5. The van der Waals surface area contributed by atoms with Crippen LogP contribution >= 0.6 is 0 Å². The van der Waals surface area contributed by atoms with E-state index in [0.717, 1.165) is 24.8 Å². The first-order chi connectivity index (χ1) is 14.1. The molecule has 6 nitrogen and oxygen atoms in total. The van der Waals surface area contributed by atoms with Crippen LogP contribution in [0.3, 0.4) is 0 Å². The van der Waals surface area contributed by atoms with Crippen LogP contribution in [0.25, 0.3) is 0 Å². The van der Waals surface area contributed by atoms with Crippen molar-refractivity contribution in [2.75, 3.05) is 0 Å². The van der Waals surface area contributed by atoms with Crippen molar-refractivity contribution in [3.05, 3.63) is 34.4 Å². The molecule has 1 heterocycles. The van der Waals surface area contributed by atoms with Gasteiger partial charge >= 0.3 is 5.63 Å². The molecule has 3 N–H and O–H groups in total. The van der Waals surface area contributed by atoms with Crippen LogP contribution in [0.4, 0.5) is 0 Å². The second-order valence-electron chi connectivity index (χ2n) is 10.8. The highest BCUT2D eigenvalue weighted by Crippen LogP contribution is 2.69. The van der Waals surface area contributed by atoms with Crippen molar-refractivity contribution in [3.63, 3.8) is 0 Å². The molecule has 0 aromatic carbocycles. The van der Waals surface area contributed by atoms with Crippen molar-refractivity contribution in [2.24, 2.45) is 28.6 Å². The third-order valence-corrected chi connectivity index (χ3v) is 9.80. The molecule has 0 bridgehead atoms. The summed E-state index contributed by atoms with van der Waals surface area (Å²) < 4.78 is 5.06. The maximum absolute atomic E-state index is 13.8. The van der Waals surface area contributed by atoms with E-state index in [0.29, 0.717) is 25.7 Å². The largest absolute Gasteiger partial charge is 0.431 e. The van der Waals surface area contributed by atoms with Crippen LogP contribution in [0.2, 0.25) is 0 Å². The van der Waals surface area contributed by atoms with Crippen LogP contribution in [0, 0.1) is 28.6 Å². The number of hydrogen-bond donors (Lipinski definition) is 3. The van der Waals surface area contributed by atoms with Gasteiger partial charge in [-0.25, -0.2) is 4.79 Å². The second kappa shape index (κ2) is 6.50. The molecule has 1 aromatic rings. The maximum atomic E-state index is 13.8. The Morgan fingerprint density at radius 2 is 1.80 bits per heavy atom. The van der Waals surface area contributed by atoms with Crippen LogP contribution in [-0.2, 0) is 4.79 Å². The molecule has 164 valence electrons. The minimum absolute atomic E-state index is 0.160. The quantitative estimate of drug-likeness (QED) is 0.649. The van der Waals surface area contributed by atoms with E-state index in [9.17, 15) is 24.9 Å². The highest BCUT2D eigenvalue weighted by Gasteiger charge is 2.73. The number of carbonyl (C=O) groups is 1. The second-order valence-corrected chi connectivity index (χ2v) is 10.8. The predicted octanol–water partition coefficient (Wildman–Crippen LogP) is 2.39. The summed E-state index contributed by atoms with van der Waals surface area (Å²) in [4.78, 5) is 25.2. The van der Waals surface area contributed by atoms with Crippen molar-refractivity contribution < 1.29 is 24.5 Å². The number of aliphatic hydroxyl groups excluding tert-OH is 2. The summed E-state index contributed by atoms with van der Waals surface area (Å²) in [6, 6.07) is 3.03. The van der Waals surface area contributed by atoms with Crippen LogP contribution in [0.5, 0.6) is 0 Å². The SMILES string of the molecule is C[C@]12CC[C@H](O)C[C@H]1CC[C@@H]1C2[C@H](O)C(=O)[C@]2(C)[C@@H](c3ccc(=O)oc3)CC[C@]12O. The first-order valence-corrected chi connectivity index (χ1v) is 11.3. The van der Waals surface area contributed by atoms with E-state index < -0.39 is 22.7 Å². The zero-order valence-corrected chi connectivity index (χ0v) is 17.7. The number of Topliss-reactive ketones (excluding diaryl/α,β-unsaturated/α-hetero) is 1. The maximum Gasteiger partial charge on any atom is 0.335 e. The van der Waals surface area contributed by atoms with Gasteiger partial charge in [-0.3, -0.25) is 4.79 Å². The molecular weight excluding hydrogens is 384 g/mol. The van der Waals surface area contributed by atoms with E-state index in [1.165, 1.54) is 12.3 Å². The number of rotatable bonds is 1. The van der Waals surface area contributed by atoms with Crippen molar-refractivity contribution in [1.29, 1.82) is 0 Å². The molecule has 1 aromatic heterocycles. The Balaban J connectivity index is 1.58. The van der Waals surface area contributed by atoms with Gasteiger partial charge in [0.25, 0.3) is 0 Å². The van der Waals surface area contributed by atoms with E-state index in [-0.39, 0.29) is 41.0 Å². The van der Waals surface area contributed by atoms with Crippen molar-refractivity contribution in [2.45, 2.75) is 82.5 Å². The molecular formula is C24H32O6.